The highest BCUT2D eigenvalue weighted by Crippen LogP contribution is 2.20. The predicted octanol–water partition coefficient (Wildman–Crippen LogP) is 1.76. The summed E-state index contributed by atoms with van der Waals surface area (Å²) in [5, 5.41) is 9.28. The molecule has 0 spiro atoms. The van der Waals surface area contributed by atoms with Gasteiger partial charge in [-0.1, -0.05) is 6.07 Å². The van der Waals surface area contributed by atoms with Crippen LogP contribution in [-0.4, -0.2) is 14.7 Å². The Morgan fingerprint density at radius 1 is 1.47 bits per heavy atom. The molecule has 0 aliphatic rings. The summed E-state index contributed by atoms with van der Waals surface area (Å²) in [5.41, 5.74) is -0.293. The zero-order chi connectivity index (χ0) is 12.3. The average Bonchev–Trinajstić information content (AvgIpc) is 2.32. The molecule has 0 aliphatic carbocycles. The lowest BCUT2D eigenvalue weighted by Crippen LogP contribution is -2.20. The number of aromatic hydroxyl groups is 1. The standard InChI is InChI=1S/C12H12N2O3/c1-2-14-7-6-13-11(12(14)16)17-10-5-3-4-9(15)8-10/h3-8,15H,2H2,1H3. The molecule has 0 unspecified atom stereocenters. The number of ether oxygens (including phenoxy) is 1. The average molecular weight is 232 g/mol. The fourth-order valence-electron chi connectivity index (χ4n) is 1.40. The lowest BCUT2D eigenvalue weighted by atomic mass is 10.3. The van der Waals surface area contributed by atoms with Gasteiger partial charge in [-0.3, -0.25) is 4.79 Å². The van der Waals surface area contributed by atoms with Gasteiger partial charge in [-0.25, -0.2) is 4.98 Å². The van der Waals surface area contributed by atoms with Crippen molar-refractivity contribution in [2.24, 2.45) is 0 Å². The van der Waals surface area contributed by atoms with E-state index >= 15 is 0 Å². The minimum atomic E-state index is -0.293. The first-order valence-corrected chi connectivity index (χ1v) is 5.23. The fraction of sp³-hybridized carbons (Fsp3) is 0.167. The summed E-state index contributed by atoms with van der Waals surface area (Å²) in [5.74, 6) is 0.456. The highest BCUT2D eigenvalue weighted by molar-refractivity contribution is 5.33. The van der Waals surface area contributed by atoms with Crippen LogP contribution < -0.4 is 10.3 Å². The molecule has 1 heterocycles. The second-order valence-electron chi connectivity index (χ2n) is 3.42. The third-order valence-electron chi connectivity index (χ3n) is 2.26. The van der Waals surface area contributed by atoms with Crippen molar-refractivity contribution in [2.45, 2.75) is 13.5 Å². The van der Waals surface area contributed by atoms with Gasteiger partial charge in [0.25, 0.3) is 5.88 Å². The molecule has 2 aromatic rings. The zero-order valence-electron chi connectivity index (χ0n) is 9.33. The Labute approximate surface area is 97.9 Å². The number of hydrogen-bond acceptors (Lipinski definition) is 4. The number of nitrogens with zero attached hydrogens (tertiary/aromatic N) is 2. The summed E-state index contributed by atoms with van der Waals surface area (Å²) in [7, 11) is 0. The Hall–Kier alpha value is -2.30. The van der Waals surface area contributed by atoms with Crippen LogP contribution in [0.5, 0.6) is 17.4 Å². The summed E-state index contributed by atoms with van der Waals surface area (Å²) in [4.78, 5) is 15.7. The molecule has 0 atom stereocenters. The van der Waals surface area contributed by atoms with Gasteiger partial charge >= 0.3 is 5.56 Å². The number of hydrogen-bond donors (Lipinski definition) is 1. The van der Waals surface area contributed by atoms with Crippen molar-refractivity contribution >= 4 is 0 Å². The van der Waals surface area contributed by atoms with E-state index in [1.165, 1.54) is 22.9 Å². The Morgan fingerprint density at radius 3 is 3.00 bits per heavy atom. The monoisotopic (exact) mass is 232 g/mol. The van der Waals surface area contributed by atoms with Crippen LogP contribution in [0.15, 0.2) is 41.5 Å². The molecule has 0 radical (unpaired) electrons. The summed E-state index contributed by atoms with van der Waals surface area (Å²) < 4.78 is 6.82. The Bertz CT molecular complexity index is 578. The maximum absolute atomic E-state index is 11.8. The van der Waals surface area contributed by atoms with Gasteiger partial charge in [0.2, 0.25) is 0 Å². The lowest BCUT2D eigenvalue weighted by Gasteiger charge is -2.06. The third kappa shape index (κ3) is 2.44. The molecule has 88 valence electrons. The van der Waals surface area contributed by atoms with Gasteiger partial charge in [0, 0.05) is 25.0 Å². The Morgan fingerprint density at radius 2 is 2.29 bits per heavy atom. The van der Waals surface area contributed by atoms with E-state index in [0.29, 0.717) is 12.3 Å². The molecule has 1 aromatic heterocycles. The molecule has 0 saturated carbocycles. The highest BCUT2D eigenvalue weighted by Gasteiger charge is 2.06. The topological polar surface area (TPSA) is 64.3 Å². The molecule has 1 aromatic carbocycles. The van der Waals surface area contributed by atoms with E-state index in [-0.39, 0.29) is 17.2 Å². The first-order valence-electron chi connectivity index (χ1n) is 5.23. The molecule has 0 fully saturated rings. The van der Waals surface area contributed by atoms with Crippen LogP contribution >= 0.6 is 0 Å². The van der Waals surface area contributed by atoms with Crippen molar-refractivity contribution in [3.63, 3.8) is 0 Å². The number of phenols is 1. The van der Waals surface area contributed by atoms with E-state index in [1.807, 2.05) is 6.92 Å². The van der Waals surface area contributed by atoms with Crippen LogP contribution in [0.3, 0.4) is 0 Å². The largest absolute Gasteiger partial charge is 0.508 e. The third-order valence-corrected chi connectivity index (χ3v) is 2.26. The molecule has 0 aliphatic heterocycles. The van der Waals surface area contributed by atoms with Crippen LogP contribution in [0.2, 0.25) is 0 Å². The first-order chi connectivity index (χ1) is 8.20. The molecule has 0 saturated heterocycles. The van der Waals surface area contributed by atoms with Crippen LogP contribution in [-0.2, 0) is 6.54 Å². The summed E-state index contributed by atoms with van der Waals surface area (Å²) in [6, 6.07) is 6.22. The fourth-order valence-corrected chi connectivity index (χ4v) is 1.40. The van der Waals surface area contributed by atoms with Crippen molar-refractivity contribution in [3.8, 4) is 17.4 Å². The van der Waals surface area contributed by atoms with Crippen molar-refractivity contribution in [2.75, 3.05) is 0 Å². The van der Waals surface area contributed by atoms with Gasteiger partial charge in [-0.15, -0.1) is 0 Å². The quantitative estimate of drug-likeness (QED) is 0.875. The Balaban J connectivity index is 2.34. The molecule has 2 rings (SSSR count). The molecule has 0 amide bonds. The number of aromatic nitrogens is 2. The van der Waals surface area contributed by atoms with Gasteiger partial charge in [-0.05, 0) is 19.1 Å². The molecule has 17 heavy (non-hydrogen) atoms. The van der Waals surface area contributed by atoms with Crippen molar-refractivity contribution in [1.29, 1.82) is 0 Å². The molecular formula is C12H12N2O3. The second kappa shape index (κ2) is 4.69. The van der Waals surface area contributed by atoms with Gasteiger partial charge in [0.15, 0.2) is 0 Å². The van der Waals surface area contributed by atoms with Crippen molar-refractivity contribution in [3.05, 3.63) is 47.0 Å². The molecule has 1 N–H and O–H groups in total. The van der Waals surface area contributed by atoms with E-state index in [4.69, 9.17) is 4.74 Å². The second-order valence-corrected chi connectivity index (χ2v) is 3.42. The van der Waals surface area contributed by atoms with Gasteiger partial charge in [0.1, 0.15) is 11.5 Å². The summed E-state index contributed by atoms with van der Waals surface area (Å²) >= 11 is 0. The number of phenolic OH excluding ortho intramolecular Hbond substituents is 1. The molecule has 5 nitrogen and oxygen atoms in total. The SMILES string of the molecule is CCn1ccnc(Oc2cccc(O)c2)c1=O. The summed E-state index contributed by atoms with van der Waals surface area (Å²) in [6.45, 7) is 2.41. The van der Waals surface area contributed by atoms with E-state index in [1.54, 1.807) is 18.3 Å². The minimum Gasteiger partial charge on any atom is -0.508 e. The van der Waals surface area contributed by atoms with E-state index in [9.17, 15) is 9.90 Å². The lowest BCUT2D eigenvalue weighted by molar-refractivity contribution is 0.434. The maximum atomic E-state index is 11.8. The maximum Gasteiger partial charge on any atom is 0.313 e. The smallest absolute Gasteiger partial charge is 0.313 e. The van der Waals surface area contributed by atoms with E-state index in [2.05, 4.69) is 4.98 Å². The highest BCUT2D eigenvalue weighted by atomic mass is 16.5. The van der Waals surface area contributed by atoms with Crippen LogP contribution in [0.1, 0.15) is 6.92 Å². The summed E-state index contributed by atoms with van der Waals surface area (Å²) in [6.07, 6.45) is 3.10. The number of aryl methyl sites for hydroxylation is 1. The predicted molar refractivity (Wildman–Crippen MR) is 62.4 cm³/mol. The Kier molecular flexibility index (Phi) is 3.09. The van der Waals surface area contributed by atoms with Crippen LogP contribution in [0.4, 0.5) is 0 Å². The van der Waals surface area contributed by atoms with E-state index in [0.717, 1.165) is 0 Å². The molecule has 5 heteroatoms. The molecular weight excluding hydrogens is 220 g/mol. The van der Waals surface area contributed by atoms with E-state index < -0.39 is 0 Å². The van der Waals surface area contributed by atoms with Crippen LogP contribution in [0.25, 0.3) is 0 Å². The van der Waals surface area contributed by atoms with Crippen molar-refractivity contribution < 1.29 is 9.84 Å². The number of benzene rings is 1. The zero-order valence-corrected chi connectivity index (χ0v) is 9.33. The normalized spacial score (nSPS) is 10.2. The van der Waals surface area contributed by atoms with Gasteiger partial charge in [-0.2, -0.15) is 0 Å². The van der Waals surface area contributed by atoms with Gasteiger partial charge < -0.3 is 14.4 Å². The number of rotatable bonds is 3. The first kappa shape index (κ1) is 11.2. The van der Waals surface area contributed by atoms with Crippen LogP contribution in [0, 0.1) is 0 Å². The van der Waals surface area contributed by atoms with Gasteiger partial charge in [0.05, 0.1) is 0 Å². The van der Waals surface area contributed by atoms with Crippen molar-refractivity contribution in [1.82, 2.24) is 9.55 Å². The molecule has 0 bridgehead atoms. The minimum absolute atomic E-state index is 0.0000463.